The molecule has 0 radical (unpaired) electrons. The molecular formula is C15H14ClN3O3. The molecule has 1 N–H and O–H groups in total. The molecule has 7 heteroatoms. The average Bonchev–Trinajstić information content (AvgIpc) is 2.50. The summed E-state index contributed by atoms with van der Waals surface area (Å²) in [6.07, 6.45) is 0. The van der Waals surface area contributed by atoms with E-state index in [4.69, 9.17) is 11.6 Å². The second-order valence-electron chi connectivity index (χ2n) is 4.68. The predicted molar refractivity (Wildman–Crippen MR) is 85.0 cm³/mol. The van der Waals surface area contributed by atoms with Gasteiger partial charge in [-0.3, -0.25) is 10.1 Å². The highest BCUT2D eigenvalue weighted by atomic mass is 35.5. The normalized spacial score (nSPS) is 10.1. The minimum absolute atomic E-state index is 0.0255. The maximum Gasteiger partial charge on any atom is 0.321 e. The topological polar surface area (TPSA) is 75.5 Å². The fourth-order valence-electron chi connectivity index (χ4n) is 1.84. The molecule has 0 heterocycles. The molecule has 2 aromatic rings. The molecule has 0 spiro atoms. The third-order valence-corrected chi connectivity index (χ3v) is 3.41. The lowest BCUT2D eigenvalue weighted by Gasteiger charge is -2.18. The lowest BCUT2D eigenvalue weighted by atomic mass is 10.2. The number of halogens is 1. The van der Waals surface area contributed by atoms with Crippen molar-refractivity contribution in [3.05, 3.63) is 69.2 Å². The number of nitrogens with one attached hydrogen (secondary N) is 1. The number of hydrogen-bond acceptors (Lipinski definition) is 3. The zero-order valence-corrected chi connectivity index (χ0v) is 12.6. The molecule has 0 aliphatic heterocycles. The number of benzene rings is 2. The number of nitro groups is 1. The van der Waals surface area contributed by atoms with Crippen LogP contribution in [0.25, 0.3) is 0 Å². The summed E-state index contributed by atoms with van der Waals surface area (Å²) in [7, 11) is 1.64. The van der Waals surface area contributed by atoms with Crippen molar-refractivity contribution < 1.29 is 9.72 Å². The Labute approximate surface area is 132 Å². The van der Waals surface area contributed by atoms with Gasteiger partial charge in [-0.15, -0.1) is 0 Å². The van der Waals surface area contributed by atoms with Gasteiger partial charge in [-0.2, -0.15) is 0 Å². The standard InChI is InChI=1S/C15H14ClN3O3/c1-18(10-11-4-2-3-5-14(11)16)15(20)17-12-6-8-13(9-7-12)19(21)22/h2-9H,10H2,1H3,(H,17,20). The van der Waals surface area contributed by atoms with Gasteiger partial charge < -0.3 is 10.2 Å². The maximum absolute atomic E-state index is 12.1. The van der Waals surface area contributed by atoms with Crippen LogP contribution in [0.2, 0.25) is 5.02 Å². The highest BCUT2D eigenvalue weighted by Crippen LogP contribution is 2.18. The summed E-state index contributed by atoms with van der Waals surface area (Å²) in [5.74, 6) is 0. The third kappa shape index (κ3) is 3.95. The van der Waals surface area contributed by atoms with Crippen molar-refractivity contribution in [2.24, 2.45) is 0 Å². The minimum Gasteiger partial charge on any atom is -0.323 e. The third-order valence-electron chi connectivity index (χ3n) is 3.04. The first-order valence-electron chi connectivity index (χ1n) is 6.47. The molecule has 0 unspecified atom stereocenters. The first-order chi connectivity index (χ1) is 10.5. The molecule has 0 fully saturated rings. The van der Waals surface area contributed by atoms with Crippen LogP contribution in [0.15, 0.2) is 48.5 Å². The molecule has 0 saturated heterocycles. The Morgan fingerprint density at radius 1 is 1.23 bits per heavy atom. The molecule has 0 saturated carbocycles. The smallest absolute Gasteiger partial charge is 0.321 e. The van der Waals surface area contributed by atoms with E-state index in [1.165, 1.54) is 29.2 Å². The van der Waals surface area contributed by atoms with Crippen LogP contribution in [0, 0.1) is 10.1 Å². The Morgan fingerprint density at radius 3 is 2.45 bits per heavy atom. The van der Waals surface area contributed by atoms with Gasteiger partial charge in [-0.25, -0.2) is 4.79 Å². The number of carbonyl (C=O) groups excluding carboxylic acids is 1. The van der Waals surface area contributed by atoms with Crippen molar-refractivity contribution in [3.63, 3.8) is 0 Å². The van der Waals surface area contributed by atoms with E-state index in [2.05, 4.69) is 5.32 Å². The van der Waals surface area contributed by atoms with Crippen LogP contribution in [0.3, 0.4) is 0 Å². The number of carbonyl (C=O) groups is 1. The quantitative estimate of drug-likeness (QED) is 0.685. The summed E-state index contributed by atoms with van der Waals surface area (Å²) >= 11 is 6.06. The van der Waals surface area contributed by atoms with E-state index in [1.807, 2.05) is 18.2 Å². The van der Waals surface area contributed by atoms with Crippen LogP contribution in [-0.4, -0.2) is 22.9 Å². The summed E-state index contributed by atoms with van der Waals surface area (Å²) < 4.78 is 0. The molecule has 6 nitrogen and oxygen atoms in total. The lowest BCUT2D eigenvalue weighted by Crippen LogP contribution is -2.30. The molecule has 0 aromatic heterocycles. The fraction of sp³-hybridized carbons (Fsp3) is 0.133. The van der Waals surface area contributed by atoms with Crippen molar-refractivity contribution in [2.45, 2.75) is 6.54 Å². The van der Waals surface area contributed by atoms with E-state index in [9.17, 15) is 14.9 Å². The zero-order valence-electron chi connectivity index (χ0n) is 11.8. The molecule has 0 aliphatic carbocycles. The Hall–Kier alpha value is -2.60. The number of non-ortho nitro benzene ring substituents is 1. The summed E-state index contributed by atoms with van der Waals surface area (Å²) in [5, 5.41) is 13.8. The average molecular weight is 320 g/mol. The second-order valence-corrected chi connectivity index (χ2v) is 5.09. The molecule has 2 rings (SSSR count). The van der Waals surface area contributed by atoms with E-state index in [0.29, 0.717) is 17.3 Å². The van der Waals surface area contributed by atoms with Gasteiger partial charge >= 0.3 is 6.03 Å². The lowest BCUT2D eigenvalue weighted by molar-refractivity contribution is -0.384. The summed E-state index contributed by atoms with van der Waals surface area (Å²) in [5.41, 5.74) is 1.30. The number of nitrogens with zero attached hydrogens (tertiary/aromatic N) is 2. The van der Waals surface area contributed by atoms with Crippen LogP contribution in [0.1, 0.15) is 5.56 Å². The first kappa shape index (κ1) is 15.8. The number of hydrogen-bond donors (Lipinski definition) is 1. The zero-order chi connectivity index (χ0) is 16.1. The van der Waals surface area contributed by atoms with Gasteiger partial charge in [0, 0.05) is 36.4 Å². The summed E-state index contributed by atoms with van der Waals surface area (Å²) in [6, 6.07) is 12.6. The highest BCUT2D eigenvalue weighted by Gasteiger charge is 2.12. The molecular weight excluding hydrogens is 306 g/mol. The predicted octanol–water partition coefficient (Wildman–Crippen LogP) is 3.91. The van der Waals surface area contributed by atoms with Crippen molar-refractivity contribution in [3.8, 4) is 0 Å². The van der Waals surface area contributed by atoms with E-state index in [1.54, 1.807) is 13.1 Å². The molecule has 22 heavy (non-hydrogen) atoms. The fourth-order valence-corrected chi connectivity index (χ4v) is 2.03. The van der Waals surface area contributed by atoms with Gasteiger partial charge in [0.25, 0.3) is 5.69 Å². The van der Waals surface area contributed by atoms with E-state index in [0.717, 1.165) is 5.56 Å². The van der Waals surface area contributed by atoms with Gasteiger partial charge in [0.1, 0.15) is 0 Å². The van der Waals surface area contributed by atoms with Crippen LogP contribution in [0.4, 0.5) is 16.2 Å². The molecule has 2 aromatic carbocycles. The first-order valence-corrected chi connectivity index (χ1v) is 6.85. The monoisotopic (exact) mass is 319 g/mol. The number of anilines is 1. The van der Waals surface area contributed by atoms with Crippen LogP contribution >= 0.6 is 11.6 Å². The Kier molecular flexibility index (Phi) is 4.95. The molecule has 0 atom stereocenters. The molecule has 2 amide bonds. The minimum atomic E-state index is -0.491. The Balaban J connectivity index is 1.99. The van der Waals surface area contributed by atoms with Gasteiger partial charge in [0.15, 0.2) is 0 Å². The number of urea groups is 1. The Bertz CT molecular complexity index is 689. The van der Waals surface area contributed by atoms with Crippen LogP contribution in [0.5, 0.6) is 0 Å². The van der Waals surface area contributed by atoms with E-state index >= 15 is 0 Å². The summed E-state index contributed by atoms with van der Waals surface area (Å²) in [4.78, 5) is 23.6. The van der Waals surface area contributed by atoms with Crippen molar-refractivity contribution in [1.29, 1.82) is 0 Å². The molecule has 114 valence electrons. The maximum atomic E-state index is 12.1. The largest absolute Gasteiger partial charge is 0.323 e. The molecule has 0 bridgehead atoms. The van der Waals surface area contributed by atoms with Crippen molar-refractivity contribution >= 4 is 29.0 Å². The van der Waals surface area contributed by atoms with Gasteiger partial charge in [0.05, 0.1) is 4.92 Å². The SMILES string of the molecule is CN(Cc1ccccc1Cl)C(=O)Nc1ccc([N+](=O)[O-])cc1. The van der Waals surface area contributed by atoms with E-state index < -0.39 is 4.92 Å². The molecule has 0 aliphatic rings. The van der Waals surface area contributed by atoms with Crippen LogP contribution < -0.4 is 5.32 Å². The number of rotatable bonds is 4. The van der Waals surface area contributed by atoms with Crippen molar-refractivity contribution in [2.75, 3.05) is 12.4 Å². The number of nitro benzene ring substituents is 1. The second kappa shape index (κ2) is 6.91. The summed E-state index contributed by atoms with van der Waals surface area (Å²) in [6.45, 7) is 0.360. The van der Waals surface area contributed by atoms with Crippen molar-refractivity contribution in [1.82, 2.24) is 4.90 Å². The van der Waals surface area contributed by atoms with Gasteiger partial charge in [0.2, 0.25) is 0 Å². The van der Waals surface area contributed by atoms with Gasteiger partial charge in [-0.05, 0) is 23.8 Å². The van der Waals surface area contributed by atoms with Gasteiger partial charge in [-0.1, -0.05) is 29.8 Å². The highest BCUT2D eigenvalue weighted by molar-refractivity contribution is 6.31. The van der Waals surface area contributed by atoms with E-state index in [-0.39, 0.29) is 11.7 Å². The van der Waals surface area contributed by atoms with Crippen LogP contribution in [-0.2, 0) is 6.54 Å². The number of amides is 2. The Morgan fingerprint density at radius 2 is 1.86 bits per heavy atom.